The molecule has 2 aromatic heterocycles. The van der Waals surface area contributed by atoms with E-state index in [0.717, 1.165) is 37.3 Å². The van der Waals surface area contributed by atoms with Gasteiger partial charge in [-0.3, -0.25) is 0 Å². The number of hydrogen-bond acceptors (Lipinski definition) is 3. The van der Waals surface area contributed by atoms with Crippen LogP contribution >= 0.6 is 31.9 Å². The number of benzene rings is 2. The van der Waals surface area contributed by atoms with Gasteiger partial charge in [-0.2, -0.15) is 0 Å². The van der Waals surface area contributed by atoms with Gasteiger partial charge in [0, 0.05) is 49.8 Å². The van der Waals surface area contributed by atoms with Crippen molar-refractivity contribution in [3.05, 3.63) is 68.9 Å². The topological polar surface area (TPSA) is 64.1 Å². The van der Waals surface area contributed by atoms with Gasteiger partial charge in [-0.15, -0.1) is 0 Å². The Labute approximate surface area is 182 Å². The molecule has 2 aromatic carbocycles. The van der Waals surface area contributed by atoms with Gasteiger partial charge in [0.1, 0.15) is 0 Å². The molecule has 5 nitrogen and oxygen atoms in total. The van der Waals surface area contributed by atoms with Crippen molar-refractivity contribution in [2.24, 2.45) is 0 Å². The first-order valence-corrected chi connectivity index (χ1v) is 10.6. The number of fused-ring (bicyclic) bond motifs is 2. The molecular formula is C22H14Br2N2O3. The number of aryl methyl sites for hydroxylation is 1. The summed E-state index contributed by atoms with van der Waals surface area (Å²) in [5.41, 5.74) is 3.77. The van der Waals surface area contributed by atoms with Crippen LogP contribution in [-0.2, 0) is 20.9 Å². The Balaban J connectivity index is 1.87. The van der Waals surface area contributed by atoms with Crippen LogP contribution in [0.5, 0.6) is 0 Å². The smallest absolute Gasteiger partial charge is 0.347 e. The molecule has 4 aromatic rings. The normalized spacial score (nSPS) is 14.4. The first-order valence-electron chi connectivity index (χ1n) is 9.05. The molecule has 0 unspecified atom stereocenters. The number of para-hydroxylation sites is 2. The standard InChI is InChI=1S/C22H14Br2N2O3/c1-2-26-10-14(12-6-4-8-16(24)20(12)26)18-17(21(27)29-22(18)28)13-9-25-19-11(13)5-3-7-15(19)23/h3-10,25H,2H2,1H3. The summed E-state index contributed by atoms with van der Waals surface area (Å²) in [6.07, 6.45) is 3.66. The molecule has 144 valence electrons. The number of aromatic nitrogens is 2. The van der Waals surface area contributed by atoms with Gasteiger partial charge in [-0.25, -0.2) is 9.59 Å². The summed E-state index contributed by atoms with van der Waals surface area (Å²) >= 11 is 7.12. The molecule has 29 heavy (non-hydrogen) atoms. The first-order chi connectivity index (χ1) is 14.0. The van der Waals surface area contributed by atoms with E-state index in [2.05, 4.69) is 41.4 Å². The molecule has 0 fully saturated rings. The van der Waals surface area contributed by atoms with E-state index >= 15 is 0 Å². The van der Waals surface area contributed by atoms with Crippen molar-refractivity contribution < 1.29 is 14.3 Å². The molecule has 5 rings (SSSR count). The molecule has 1 N–H and O–H groups in total. The van der Waals surface area contributed by atoms with E-state index in [-0.39, 0.29) is 5.57 Å². The summed E-state index contributed by atoms with van der Waals surface area (Å²) < 4.78 is 8.94. The first kappa shape index (κ1) is 18.4. The lowest BCUT2D eigenvalue weighted by molar-refractivity contribution is -0.149. The maximum Gasteiger partial charge on any atom is 0.347 e. The summed E-state index contributed by atoms with van der Waals surface area (Å²) in [4.78, 5) is 28.7. The Morgan fingerprint density at radius 1 is 0.931 bits per heavy atom. The molecule has 0 atom stereocenters. The summed E-state index contributed by atoms with van der Waals surface area (Å²) in [6.45, 7) is 2.76. The van der Waals surface area contributed by atoms with Gasteiger partial charge in [0.05, 0.1) is 22.2 Å². The molecule has 0 saturated heterocycles. The highest BCUT2D eigenvalue weighted by Crippen LogP contribution is 2.41. The number of rotatable bonds is 3. The molecule has 0 saturated carbocycles. The zero-order chi connectivity index (χ0) is 20.3. The van der Waals surface area contributed by atoms with Crippen LogP contribution in [0, 0.1) is 0 Å². The second kappa shape index (κ2) is 6.71. The van der Waals surface area contributed by atoms with Crippen LogP contribution in [0.2, 0.25) is 0 Å². The lowest BCUT2D eigenvalue weighted by Crippen LogP contribution is -2.01. The van der Waals surface area contributed by atoms with Gasteiger partial charge < -0.3 is 14.3 Å². The van der Waals surface area contributed by atoms with Gasteiger partial charge in [0.25, 0.3) is 0 Å². The van der Waals surface area contributed by atoms with E-state index in [1.165, 1.54) is 0 Å². The largest absolute Gasteiger partial charge is 0.386 e. The van der Waals surface area contributed by atoms with Gasteiger partial charge in [0.15, 0.2) is 0 Å². The molecule has 7 heteroatoms. The highest BCUT2D eigenvalue weighted by atomic mass is 79.9. The SMILES string of the molecule is CCn1cc(C2=C(c3c[nH]c4c(Br)cccc34)C(=O)OC2=O)c2cccc(Br)c21. The molecule has 1 aliphatic heterocycles. The molecule has 1 aliphatic rings. The number of nitrogens with one attached hydrogen (secondary N) is 1. The molecule has 0 spiro atoms. The number of carbonyl (C=O) groups is 2. The predicted molar refractivity (Wildman–Crippen MR) is 119 cm³/mol. The van der Waals surface area contributed by atoms with Gasteiger partial charge in [0.2, 0.25) is 0 Å². The molecule has 0 bridgehead atoms. The maximum absolute atomic E-state index is 12.8. The van der Waals surface area contributed by atoms with Crippen molar-refractivity contribution in [1.29, 1.82) is 0 Å². The van der Waals surface area contributed by atoms with Crippen molar-refractivity contribution in [2.45, 2.75) is 13.5 Å². The van der Waals surface area contributed by atoms with Crippen molar-refractivity contribution in [3.8, 4) is 0 Å². The summed E-state index contributed by atoms with van der Waals surface area (Å²) in [5, 5.41) is 1.74. The lowest BCUT2D eigenvalue weighted by atomic mass is 9.95. The highest BCUT2D eigenvalue weighted by Gasteiger charge is 2.37. The zero-order valence-electron chi connectivity index (χ0n) is 15.3. The maximum atomic E-state index is 12.8. The Morgan fingerprint density at radius 3 is 2.31 bits per heavy atom. The highest BCUT2D eigenvalue weighted by molar-refractivity contribution is 9.11. The predicted octanol–water partition coefficient (Wildman–Crippen LogP) is 5.66. The fourth-order valence-corrected chi connectivity index (χ4v) is 5.04. The molecule has 0 radical (unpaired) electrons. The van der Waals surface area contributed by atoms with Crippen LogP contribution in [-0.4, -0.2) is 21.5 Å². The summed E-state index contributed by atoms with van der Waals surface area (Å²) in [5.74, 6) is -1.25. The third-order valence-corrected chi connectivity index (χ3v) is 6.54. The Kier molecular flexibility index (Phi) is 4.26. The number of cyclic esters (lactones) is 2. The number of ether oxygens (including phenoxy) is 1. The van der Waals surface area contributed by atoms with Crippen LogP contribution in [0.15, 0.2) is 57.7 Å². The Bertz CT molecular complexity index is 1380. The molecule has 3 heterocycles. The molecule has 0 aliphatic carbocycles. The number of halogens is 2. The van der Waals surface area contributed by atoms with Crippen LogP contribution in [0.1, 0.15) is 18.1 Å². The minimum atomic E-state index is -0.627. The third kappa shape index (κ3) is 2.64. The number of hydrogen-bond donors (Lipinski definition) is 1. The van der Waals surface area contributed by atoms with E-state index in [9.17, 15) is 9.59 Å². The van der Waals surface area contributed by atoms with E-state index < -0.39 is 11.9 Å². The van der Waals surface area contributed by atoms with Crippen molar-refractivity contribution >= 4 is 76.8 Å². The van der Waals surface area contributed by atoms with Gasteiger partial charge in [-0.05, 0) is 50.9 Å². The third-order valence-electron chi connectivity index (χ3n) is 5.24. The summed E-state index contributed by atoms with van der Waals surface area (Å²) in [6, 6.07) is 11.6. The monoisotopic (exact) mass is 512 g/mol. The summed E-state index contributed by atoms with van der Waals surface area (Å²) in [7, 11) is 0. The number of aromatic amines is 1. The minimum Gasteiger partial charge on any atom is -0.386 e. The fraction of sp³-hybridized carbons (Fsp3) is 0.0909. The van der Waals surface area contributed by atoms with E-state index in [1.54, 1.807) is 6.20 Å². The van der Waals surface area contributed by atoms with Crippen LogP contribution in [0.3, 0.4) is 0 Å². The number of esters is 2. The van der Waals surface area contributed by atoms with Crippen molar-refractivity contribution in [3.63, 3.8) is 0 Å². The van der Waals surface area contributed by atoms with E-state index in [0.29, 0.717) is 16.7 Å². The number of carbonyl (C=O) groups excluding carboxylic acids is 2. The number of nitrogens with zero attached hydrogens (tertiary/aromatic N) is 1. The van der Waals surface area contributed by atoms with Gasteiger partial charge >= 0.3 is 11.9 Å². The zero-order valence-corrected chi connectivity index (χ0v) is 18.4. The Hall–Kier alpha value is -2.64. The quantitative estimate of drug-likeness (QED) is 0.284. The average molecular weight is 514 g/mol. The Morgan fingerprint density at radius 2 is 1.59 bits per heavy atom. The van der Waals surface area contributed by atoms with Crippen LogP contribution in [0.4, 0.5) is 0 Å². The second-order valence-corrected chi connectivity index (χ2v) is 8.47. The van der Waals surface area contributed by atoms with Crippen LogP contribution in [0.25, 0.3) is 33.0 Å². The average Bonchev–Trinajstić information content (AvgIpc) is 3.36. The minimum absolute atomic E-state index is 0.287. The fourth-order valence-electron chi connectivity index (χ4n) is 3.97. The van der Waals surface area contributed by atoms with Gasteiger partial charge in [-0.1, -0.05) is 24.3 Å². The van der Waals surface area contributed by atoms with Crippen LogP contribution < -0.4 is 0 Å². The van der Waals surface area contributed by atoms with Crippen molar-refractivity contribution in [1.82, 2.24) is 9.55 Å². The van der Waals surface area contributed by atoms with E-state index in [4.69, 9.17) is 4.74 Å². The lowest BCUT2D eigenvalue weighted by Gasteiger charge is -2.02. The molecular weight excluding hydrogens is 500 g/mol. The van der Waals surface area contributed by atoms with Crippen molar-refractivity contribution in [2.75, 3.05) is 0 Å². The van der Waals surface area contributed by atoms with E-state index in [1.807, 2.05) is 49.5 Å². The molecule has 0 amide bonds. The number of H-pyrrole nitrogens is 1. The second-order valence-electron chi connectivity index (χ2n) is 6.76.